The highest BCUT2D eigenvalue weighted by Crippen LogP contribution is 2.15. The van der Waals surface area contributed by atoms with Crippen LogP contribution in [0.25, 0.3) is 0 Å². The quantitative estimate of drug-likeness (QED) is 0.507. The van der Waals surface area contributed by atoms with E-state index in [2.05, 4.69) is 21.2 Å². The van der Waals surface area contributed by atoms with Gasteiger partial charge in [-0.15, -0.1) is 0 Å². The molecule has 22 heavy (non-hydrogen) atoms. The third-order valence-electron chi connectivity index (χ3n) is 2.86. The molecule has 6 heteroatoms. The van der Waals surface area contributed by atoms with E-state index in [1.54, 1.807) is 0 Å². The number of nitrogens with one attached hydrogen (secondary N) is 1. The lowest BCUT2D eigenvalue weighted by Gasteiger charge is -2.07. The molecule has 1 aromatic carbocycles. The first-order valence-electron chi connectivity index (χ1n) is 7.36. The zero-order valence-corrected chi connectivity index (χ0v) is 14.4. The molecule has 0 aromatic heterocycles. The van der Waals surface area contributed by atoms with E-state index >= 15 is 0 Å². The standard InChI is InChI=1S/C16H22BrNO4/c1-13(19)18-10-4-2-3-5-16(20)22-12-11-21-15-8-6-14(17)7-9-15/h6-9H,2-5,10-12H2,1H3,(H,18,19). The molecule has 0 heterocycles. The highest BCUT2D eigenvalue weighted by Gasteiger charge is 2.03. The van der Waals surface area contributed by atoms with Crippen molar-refractivity contribution >= 4 is 27.8 Å². The minimum absolute atomic E-state index is 0.0230. The second kappa shape index (κ2) is 11.1. The topological polar surface area (TPSA) is 64.6 Å². The largest absolute Gasteiger partial charge is 0.490 e. The molecule has 1 N–H and O–H groups in total. The van der Waals surface area contributed by atoms with Gasteiger partial charge in [-0.05, 0) is 37.1 Å². The number of ether oxygens (including phenoxy) is 2. The van der Waals surface area contributed by atoms with E-state index in [1.165, 1.54) is 6.92 Å². The molecule has 0 saturated carbocycles. The highest BCUT2D eigenvalue weighted by atomic mass is 79.9. The Kier molecular flexibility index (Phi) is 9.30. The van der Waals surface area contributed by atoms with Gasteiger partial charge in [0, 0.05) is 24.4 Å². The van der Waals surface area contributed by atoms with Gasteiger partial charge in [-0.25, -0.2) is 0 Å². The van der Waals surface area contributed by atoms with Crippen LogP contribution in [0.3, 0.4) is 0 Å². The molecule has 0 fully saturated rings. The van der Waals surface area contributed by atoms with Crippen molar-refractivity contribution in [2.24, 2.45) is 0 Å². The maximum absolute atomic E-state index is 11.5. The number of amides is 1. The number of halogens is 1. The lowest BCUT2D eigenvalue weighted by atomic mass is 10.2. The SMILES string of the molecule is CC(=O)NCCCCCC(=O)OCCOc1ccc(Br)cc1. The Balaban J connectivity index is 1.97. The number of esters is 1. The first-order valence-corrected chi connectivity index (χ1v) is 8.15. The predicted octanol–water partition coefficient (Wildman–Crippen LogP) is 3.07. The van der Waals surface area contributed by atoms with Crippen LogP contribution < -0.4 is 10.1 Å². The number of carbonyl (C=O) groups is 2. The van der Waals surface area contributed by atoms with Gasteiger partial charge in [-0.2, -0.15) is 0 Å². The fourth-order valence-electron chi connectivity index (χ4n) is 1.75. The van der Waals surface area contributed by atoms with Crippen LogP contribution in [-0.2, 0) is 14.3 Å². The Morgan fingerprint density at radius 2 is 1.82 bits per heavy atom. The van der Waals surface area contributed by atoms with Crippen LogP contribution in [0, 0.1) is 0 Å². The zero-order valence-electron chi connectivity index (χ0n) is 12.8. The molecule has 1 aromatic rings. The van der Waals surface area contributed by atoms with Crippen LogP contribution >= 0.6 is 15.9 Å². The van der Waals surface area contributed by atoms with Gasteiger partial charge in [-0.1, -0.05) is 22.4 Å². The molecule has 0 atom stereocenters. The third-order valence-corrected chi connectivity index (χ3v) is 3.39. The number of hydrogen-bond donors (Lipinski definition) is 1. The van der Waals surface area contributed by atoms with E-state index in [1.807, 2.05) is 24.3 Å². The summed E-state index contributed by atoms with van der Waals surface area (Å²) >= 11 is 3.35. The van der Waals surface area contributed by atoms with Crippen molar-refractivity contribution in [3.63, 3.8) is 0 Å². The van der Waals surface area contributed by atoms with E-state index in [0.717, 1.165) is 29.5 Å². The number of rotatable bonds is 10. The summed E-state index contributed by atoms with van der Waals surface area (Å²) in [5, 5.41) is 2.72. The summed E-state index contributed by atoms with van der Waals surface area (Å²) in [6, 6.07) is 7.48. The van der Waals surface area contributed by atoms with Crippen LogP contribution in [0.15, 0.2) is 28.7 Å². The number of unbranched alkanes of at least 4 members (excludes halogenated alkanes) is 2. The van der Waals surface area contributed by atoms with Gasteiger partial charge < -0.3 is 14.8 Å². The van der Waals surface area contributed by atoms with Gasteiger partial charge in [0.05, 0.1) is 0 Å². The second-order valence-electron chi connectivity index (χ2n) is 4.82. The van der Waals surface area contributed by atoms with Crippen LogP contribution in [-0.4, -0.2) is 31.6 Å². The summed E-state index contributed by atoms with van der Waals surface area (Å²) < 4.78 is 11.5. The monoisotopic (exact) mass is 371 g/mol. The van der Waals surface area contributed by atoms with Crippen LogP contribution in [0.1, 0.15) is 32.6 Å². The van der Waals surface area contributed by atoms with Crippen molar-refractivity contribution in [3.05, 3.63) is 28.7 Å². The lowest BCUT2D eigenvalue weighted by Crippen LogP contribution is -2.20. The molecule has 1 amide bonds. The molecular weight excluding hydrogens is 350 g/mol. The maximum atomic E-state index is 11.5. The fourth-order valence-corrected chi connectivity index (χ4v) is 2.02. The molecule has 0 radical (unpaired) electrons. The summed E-state index contributed by atoms with van der Waals surface area (Å²) in [5.74, 6) is 0.515. The minimum Gasteiger partial charge on any atom is -0.490 e. The summed E-state index contributed by atoms with van der Waals surface area (Å²) in [7, 11) is 0. The number of carbonyl (C=O) groups excluding carboxylic acids is 2. The molecule has 1 rings (SSSR count). The second-order valence-corrected chi connectivity index (χ2v) is 5.73. The minimum atomic E-state index is -0.209. The number of hydrogen-bond acceptors (Lipinski definition) is 4. The summed E-state index contributed by atoms with van der Waals surface area (Å²) in [5.41, 5.74) is 0. The zero-order chi connectivity index (χ0) is 16.2. The Morgan fingerprint density at radius 1 is 1.09 bits per heavy atom. The van der Waals surface area contributed by atoms with E-state index in [0.29, 0.717) is 19.6 Å². The van der Waals surface area contributed by atoms with Crippen molar-refractivity contribution in [2.45, 2.75) is 32.6 Å². The Labute approximate surface area is 139 Å². The van der Waals surface area contributed by atoms with Gasteiger partial charge in [0.1, 0.15) is 19.0 Å². The van der Waals surface area contributed by atoms with Crippen LogP contribution in [0.5, 0.6) is 5.75 Å². The molecule has 0 aliphatic carbocycles. The van der Waals surface area contributed by atoms with Crippen molar-refractivity contribution < 1.29 is 19.1 Å². The summed E-state index contributed by atoms with van der Waals surface area (Å²) in [6.07, 6.45) is 2.94. The average Bonchev–Trinajstić information content (AvgIpc) is 2.49. The molecule has 0 aliphatic heterocycles. The Bertz CT molecular complexity index is 462. The molecule has 0 aliphatic rings. The average molecular weight is 372 g/mol. The molecule has 0 unspecified atom stereocenters. The summed E-state index contributed by atoms with van der Waals surface area (Å²) in [6.45, 7) is 2.75. The van der Waals surface area contributed by atoms with E-state index in [9.17, 15) is 9.59 Å². The van der Waals surface area contributed by atoms with Gasteiger partial charge in [0.15, 0.2) is 0 Å². The van der Waals surface area contributed by atoms with E-state index in [4.69, 9.17) is 9.47 Å². The maximum Gasteiger partial charge on any atom is 0.305 e. The molecule has 122 valence electrons. The molecule has 0 spiro atoms. The van der Waals surface area contributed by atoms with Gasteiger partial charge in [-0.3, -0.25) is 9.59 Å². The summed E-state index contributed by atoms with van der Waals surface area (Å²) in [4.78, 5) is 22.1. The first-order chi connectivity index (χ1) is 10.6. The van der Waals surface area contributed by atoms with Crippen LogP contribution in [0.2, 0.25) is 0 Å². The van der Waals surface area contributed by atoms with E-state index in [-0.39, 0.29) is 18.5 Å². The van der Waals surface area contributed by atoms with Crippen molar-refractivity contribution in [2.75, 3.05) is 19.8 Å². The molecule has 0 bridgehead atoms. The Hall–Kier alpha value is -1.56. The molecule has 5 nitrogen and oxygen atoms in total. The first kappa shape index (κ1) is 18.5. The molecule has 0 saturated heterocycles. The van der Waals surface area contributed by atoms with Crippen molar-refractivity contribution in [1.82, 2.24) is 5.32 Å². The van der Waals surface area contributed by atoms with Crippen LogP contribution in [0.4, 0.5) is 0 Å². The third kappa shape index (κ3) is 9.39. The molecular formula is C16H22BrNO4. The predicted molar refractivity (Wildman–Crippen MR) is 87.7 cm³/mol. The van der Waals surface area contributed by atoms with Gasteiger partial charge in [0.25, 0.3) is 0 Å². The lowest BCUT2D eigenvalue weighted by molar-refractivity contribution is -0.144. The highest BCUT2D eigenvalue weighted by molar-refractivity contribution is 9.10. The van der Waals surface area contributed by atoms with Gasteiger partial charge >= 0.3 is 5.97 Å². The normalized spacial score (nSPS) is 10.1. The van der Waals surface area contributed by atoms with Crippen molar-refractivity contribution in [3.8, 4) is 5.75 Å². The van der Waals surface area contributed by atoms with Crippen molar-refractivity contribution in [1.29, 1.82) is 0 Å². The fraction of sp³-hybridized carbons (Fsp3) is 0.500. The van der Waals surface area contributed by atoms with Gasteiger partial charge in [0.2, 0.25) is 5.91 Å². The number of benzene rings is 1. The van der Waals surface area contributed by atoms with E-state index < -0.39 is 0 Å². The smallest absolute Gasteiger partial charge is 0.305 e. The Morgan fingerprint density at radius 3 is 2.50 bits per heavy atom.